The Labute approximate surface area is 163 Å². The Bertz CT molecular complexity index is 998. The fourth-order valence-electron chi connectivity index (χ4n) is 3.80. The van der Waals surface area contributed by atoms with Gasteiger partial charge in [-0.3, -0.25) is 9.89 Å². The second-order valence-corrected chi connectivity index (χ2v) is 6.79. The third-order valence-corrected chi connectivity index (χ3v) is 4.97. The summed E-state index contributed by atoms with van der Waals surface area (Å²) in [6.07, 6.45) is 0.844. The molecule has 1 aromatic heterocycles. The minimum Gasteiger partial charge on any atom is -0.504 e. The Kier molecular flexibility index (Phi) is 4.77. The van der Waals surface area contributed by atoms with E-state index >= 15 is 0 Å². The monoisotopic (exact) mass is 377 g/mol. The second kappa shape index (κ2) is 7.38. The first-order valence-corrected chi connectivity index (χ1v) is 9.56. The highest BCUT2D eigenvalue weighted by Crippen LogP contribution is 2.44. The Morgan fingerprint density at radius 3 is 2.68 bits per heavy atom. The molecule has 6 heteroatoms. The lowest BCUT2D eigenvalue weighted by Gasteiger charge is -2.26. The molecule has 0 spiro atoms. The van der Waals surface area contributed by atoms with Crippen molar-refractivity contribution in [3.05, 3.63) is 65.4 Å². The number of carbonyl (C=O) groups is 1. The van der Waals surface area contributed by atoms with Crippen LogP contribution in [0.25, 0.3) is 11.3 Å². The topological polar surface area (TPSA) is 78.5 Å². The number of H-pyrrole nitrogens is 1. The van der Waals surface area contributed by atoms with Gasteiger partial charge in [0.05, 0.1) is 18.3 Å². The van der Waals surface area contributed by atoms with Crippen molar-refractivity contribution >= 4 is 5.91 Å². The Morgan fingerprint density at radius 1 is 1.18 bits per heavy atom. The van der Waals surface area contributed by atoms with Crippen molar-refractivity contribution in [3.63, 3.8) is 0 Å². The van der Waals surface area contributed by atoms with Crippen LogP contribution in [0.3, 0.4) is 0 Å². The average Bonchev–Trinajstić information content (AvgIpc) is 3.25. The molecule has 2 heterocycles. The van der Waals surface area contributed by atoms with E-state index in [2.05, 4.69) is 17.1 Å². The number of ether oxygens (including phenoxy) is 1. The summed E-state index contributed by atoms with van der Waals surface area (Å²) in [5, 5.41) is 17.5. The van der Waals surface area contributed by atoms with Crippen LogP contribution in [0, 0.1) is 0 Å². The molecule has 0 radical (unpaired) electrons. The van der Waals surface area contributed by atoms with Gasteiger partial charge in [0.2, 0.25) is 0 Å². The molecular formula is C22H23N3O3. The molecule has 1 unspecified atom stereocenters. The fourth-order valence-corrected chi connectivity index (χ4v) is 3.80. The molecule has 1 atom stereocenters. The van der Waals surface area contributed by atoms with Crippen LogP contribution in [0.4, 0.5) is 0 Å². The van der Waals surface area contributed by atoms with Gasteiger partial charge in [0.25, 0.3) is 5.91 Å². The van der Waals surface area contributed by atoms with Gasteiger partial charge in [-0.25, -0.2) is 0 Å². The van der Waals surface area contributed by atoms with E-state index in [-0.39, 0.29) is 17.7 Å². The molecule has 4 rings (SSSR count). The summed E-state index contributed by atoms with van der Waals surface area (Å²) in [6.45, 7) is 5.00. The zero-order valence-corrected chi connectivity index (χ0v) is 16.0. The van der Waals surface area contributed by atoms with Gasteiger partial charge in [-0.1, -0.05) is 43.3 Å². The Hall–Kier alpha value is -3.28. The summed E-state index contributed by atoms with van der Waals surface area (Å²) in [5.41, 5.74) is 4.03. The van der Waals surface area contributed by atoms with Gasteiger partial charge < -0.3 is 14.7 Å². The first kappa shape index (κ1) is 18.1. The normalized spacial score (nSPS) is 15.7. The van der Waals surface area contributed by atoms with Crippen LogP contribution in [-0.4, -0.2) is 39.3 Å². The van der Waals surface area contributed by atoms with Gasteiger partial charge >= 0.3 is 0 Å². The van der Waals surface area contributed by atoms with E-state index < -0.39 is 0 Å². The molecule has 1 amide bonds. The molecule has 0 saturated heterocycles. The van der Waals surface area contributed by atoms with Gasteiger partial charge in [-0.05, 0) is 31.0 Å². The van der Waals surface area contributed by atoms with Crippen molar-refractivity contribution in [2.45, 2.75) is 26.3 Å². The second-order valence-electron chi connectivity index (χ2n) is 6.79. The molecule has 2 aromatic carbocycles. The van der Waals surface area contributed by atoms with E-state index in [0.29, 0.717) is 24.6 Å². The first-order valence-electron chi connectivity index (χ1n) is 9.56. The third kappa shape index (κ3) is 2.91. The number of aromatic nitrogens is 2. The number of nitrogens with zero attached hydrogens (tertiary/aromatic N) is 2. The molecule has 1 aliphatic rings. The van der Waals surface area contributed by atoms with E-state index in [1.807, 2.05) is 54.3 Å². The van der Waals surface area contributed by atoms with Crippen LogP contribution in [-0.2, 0) is 0 Å². The van der Waals surface area contributed by atoms with E-state index in [1.165, 1.54) is 0 Å². The van der Waals surface area contributed by atoms with E-state index in [4.69, 9.17) is 4.74 Å². The number of nitrogens with one attached hydrogen (secondary N) is 1. The Balaban J connectivity index is 1.88. The van der Waals surface area contributed by atoms with Gasteiger partial charge in [-0.15, -0.1) is 0 Å². The van der Waals surface area contributed by atoms with E-state index in [0.717, 1.165) is 28.8 Å². The number of carbonyl (C=O) groups excluding carboxylic acids is 1. The van der Waals surface area contributed by atoms with Crippen LogP contribution >= 0.6 is 0 Å². The number of aromatic amines is 1. The maximum absolute atomic E-state index is 13.1. The number of aromatic hydroxyl groups is 1. The standard InChI is InChI=1S/C22H23N3O3/c1-3-12-25-21(15-10-11-16(26)17(13-15)28-4-2)18-19(14-8-6-5-7-9-14)23-24-20(18)22(25)27/h5-11,13,21,26H,3-4,12H2,1-2H3,(H,23,24). The van der Waals surface area contributed by atoms with Crippen LogP contribution in [0.15, 0.2) is 48.5 Å². The number of amides is 1. The summed E-state index contributed by atoms with van der Waals surface area (Å²) in [4.78, 5) is 14.9. The quantitative estimate of drug-likeness (QED) is 0.677. The van der Waals surface area contributed by atoms with Crippen molar-refractivity contribution in [1.82, 2.24) is 15.1 Å². The molecule has 1 aliphatic heterocycles. The van der Waals surface area contributed by atoms with Crippen molar-refractivity contribution in [3.8, 4) is 22.8 Å². The molecule has 144 valence electrons. The summed E-state index contributed by atoms with van der Waals surface area (Å²) in [7, 11) is 0. The highest BCUT2D eigenvalue weighted by atomic mass is 16.5. The van der Waals surface area contributed by atoms with Crippen molar-refractivity contribution in [1.29, 1.82) is 0 Å². The molecule has 0 aliphatic carbocycles. The molecular weight excluding hydrogens is 354 g/mol. The summed E-state index contributed by atoms with van der Waals surface area (Å²) < 4.78 is 5.57. The number of fused-ring (bicyclic) bond motifs is 1. The lowest BCUT2D eigenvalue weighted by Crippen LogP contribution is -2.30. The summed E-state index contributed by atoms with van der Waals surface area (Å²) >= 11 is 0. The van der Waals surface area contributed by atoms with Crippen LogP contribution in [0.2, 0.25) is 0 Å². The largest absolute Gasteiger partial charge is 0.504 e. The molecule has 3 aromatic rings. The molecule has 0 saturated carbocycles. The number of hydrogen-bond donors (Lipinski definition) is 2. The van der Waals surface area contributed by atoms with Crippen molar-refractivity contribution in [2.24, 2.45) is 0 Å². The maximum Gasteiger partial charge on any atom is 0.273 e. The highest BCUT2D eigenvalue weighted by molar-refractivity contribution is 6.00. The van der Waals surface area contributed by atoms with Crippen LogP contribution < -0.4 is 4.74 Å². The SMILES string of the molecule is CCCN1C(=O)c2[nH]nc(-c3ccccc3)c2C1c1ccc(O)c(OCC)c1. The van der Waals surface area contributed by atoms with Gasteiger partial charge in [-0.2, -0.15) is 5.10 Å². The third-order valence-electron chi connectivity index (χ3n) is 4.97. The summed E-state index contributed by atoms with van der Waals surface area (Å²) in [5.74, 6) is 0.456. The van der Waals surface area contributed by atoms with Crippen LogP contribution in [0.1, 0.15) is 47.9 Å². The lowest BCUT2D eigenvalue weighted by atomic mass is 9.95. The van der Waals surface area contributed by atoms with Gasteiger partial charge in [0, 0.05) is 17.7 Å². The maximum atomic E-state index is 13.1. The Morgan fingerprint density at radius 2 is 1.96 bits per heavy atom. The van der Waals surface area contributed by atoms with E-state index in [9.17, 15) is 9.90 Å². The van der Waals surface area contributed by atoms with Crippen LogP contribution in [0.5, 0.6) is 11.5 Å². The van der Waals surface area contributed by atoms with Crippen molar-refractivity contribution < 1.29 is 14.6 Å². The van der Waals surface area contributed by atoms with Gasteiger partial charge in [0.15, 0.2) is 11.5 Å². The number of rotatable bonds is 6. The fraction of sp³-hybridized carbons (Fsp3) is 0.273. The number of benzene rings is 2. The summed E-state index contributed by atoms with van der Waals surface area (Å²) in [6, 6.07) is 14.8. The zero-order valence-electron chi connectivity index (χ0n) is 16.0. The number of phenols is 1. The smallest absolute Gasteiger partial charge is 0.273 e. The van der Waals surface area contributed by atoms with E-state index in [1.54, 1.807) is 6.07 Å². The van der Waals surface area contributed by atoms with Crippen molar-refractivity contribution in [2.75, 3.05) is 13.2 Å². The minimum absolute atomic E-state index is 0.0532. The average molecular weight is 377 g/mol. The number of hydrogen-bond acceptors (Lipinski definition) is 4. The zero-order chi connectivity index (χ0) is 19.7. The van der Waals surface area contributed by atoms with Gasteiger partial charge in [0.1, 0.15) is 5.69 Å². The first-order chi connectivity index (χ1) is 13.7. The predicted octanol–water partition coefficient (Wildman–Crippen LogP) is 4.14. The molecule has 0 fully saturated rings. The minimum atomic E-state index is -0.281. The molecule has 2 N–H and O–H groups in total. The number of phenolic OH excluding ortho intramolecular Hbond substituents is 1. The molecule has 6 nitrogen and oxygen atoms in total. The molecule has 0 bridgehead atoms. The predicted molar refractivity (Wildman–Crippen MR) is 106 cm³/mol. The molecule has 28 heavy (non-hydrogen) atoms. The highest BCUT2D eigenvalue weighted by Gasteiger charge is 2.41. The lowest BCUT2D eigenvalue weighted by molar-refractivity contribution is 0.0743.